The van der Waals surface area contributed by atoms with Crippen molar-refractivity contribution in [3.63, 3.8) is 0 Å². The summed E-state index contributed by atoms with van der Waals surface area (Å²) >= 11 is 5.86. The van der Waals surface area contributed by atoms with Crippen molar-refractivity contribution < 1.29 is 19.4 Å². The molecule has 0 unspecified atom stereocenters. The number of halogens is 1. The SMILES string of the molecule is CC1=C(C)C[C@@H](C(=O)[O-])[C@@H](C(=O)Nc2ccc(Oc3ccc(Cl)cc3)cc2)C1. The average molecular weight is 399 g/mol. The highest BCUT2D eigenvalue weighted by Gasteiger charge is 2.33. The normalized spacial score (nSPS) is 19.2. The maximum Gasteiger partial charge on any atom is 0.228 e. The lowest BCUT2D eigenvalue weighted by Gasteiger charge is -2.32. The molecule has 0 radical (unpaired) electrons. The number of aliphatic carboxylic acids is 1. The van der Waals surface area contributed by atoms with Gasteiger partial charge in [0.15, 0.2) is 0 Å². The van der Waals surface area contributed by atoms with E-state index in [4.69, 9.17) is 16.3 Å². The van der Waals surface area contributed by atoms with Crippen LogP contribution in [0.3, 0.4) is 0 Å². The zero-order chi connectivity index (χ0) is 20.3. The molecule has 0 saturated heterocycles. The Balaban J connectivity index is 1.66. The lowest BCUT2D eigenvalue weighted by Crippen LogP contribution is -2.42. The Bertz CT molecular complexity index is 903. The molecule has 0 aromatic heterocycles. The highest BCUT2D eigenvalue weighted by atomic mass is 35.5. The third-order valence-corrected chi connectivity index (χ3v) is 5.33. The summed E-state index contributed by atoms with van der Waals surface area (Å²) in [5.74, 6) is -1.68. The predicted molar refractivity (Wildman–Crippen MR) is 106 cm³/mol. The lowest BCUT2D eigenvalue weighted by molar-refractivity contribution is -0.313. The third-order valence-electron chi connectivity index (χ3n) is 5.08. The van der Waals surface area contributed by atoms with Crippen LogP contribution in [0.5, 0.6) is 11.5 Å². The van der Waals surface area contributed by atoms with Gasteiger partial charge in [0.05, 0.1) is 5.92 Å². The van der Waals surface area contributed by atoms with Crippen LogP contribution in [-0.4, -0.2) is 11.9 Å². The molecule has 2 aromatic rings. The van der Waals surface area contributed by atoms with Gasteiger partial charge in [-0.05, 0) is 75.2 Å². The summed E-state index contributed by atoms with van der Waals surface area (Å²) in [4.78, 5) is 24.1. The van der Waals surface area contributed by atoms with Crippen LogP contribution < -0.4 is 15.2 Å². The largest absolute Gasteiger partial charge is 0.550 e. The fraction of sp³-hybridized carbons (Fsp3) is 0.273. The van der Waals surface area contributed by atoms with Gasteiger partial charge in [0.2, 0.25) is 5.91 Å². The van der Waals surface area contributed by atoms with Crippen molar-refractivity contribution in [3.8, 4) is 11.5 Å². The van der Waals surface area contributed by atoms with E-state index < -0.39 is 17.8 Å². The predicted octanol–water partition coefficient (Wildman–Crippen LogP) is 4.18. The molecule has 0 aliphatic heterocycles. The van der Waals surface area contributed by atoms with Crippen LogP contribution in [0.1, 0.15) is 26.7 Å². The van der Waals surface area contributed by atoms with Gasteiger partial charge in [-0.2, -0.15) is 0 Å². The molecule has 0 fully saturated rings. The molecule has 1 aliphatic rings. The van der Waals surface area contributed by atoms with Crippen LogP contribution in [0.15, 0.2) is 59.7 Å². The Kier molecular flexibility index (Phi) is 6.05. The van der Waals surface area contributed by atoms with Crippen LogP contribution >= 0.6 is 11.6 Å². The summed E-state index contributed by atoms with van der Waals surface area (Å²) in [6, 6.07) is 13.9. The Morgan fingerprint density at radius 1 is 0.929 bits per heavy atom. The first-order chi connectivity index (χ1) is 13.3. The third kappa shape index (κ3) is 4.73. The average Bonchev–Trinajstić information content (AvgIpc) is 2.66. The Hall–Kier alpha value is -2.79. The lowest BCUT2D eigenvalue weighted by atomic mass is 9.76. The quantitative estimate of drug-likeness (QED) is 0.766. The Labute approximate surface area is 169 Å². The van der Waals surface area contributed by atoms with E-state index in [-0.39, 0.29) is 5.91 Å². The number of anilines is 1. The number of benzene rings is 2. The number of hydrogen-bond acceptors (Lipinski definition) is 4. The monoisotopic (exact) mass is 398 g/mol. The molecule has 1 N–H and O–H groups in total. The number of amides is 1. The molecule has 0 heterocycles. The van der Waals surface area contributed by atoms with Gasteiger partial charge in [-0.25, -0.2) is 0 Å². The van der Waals surface area contributed by atoms with Gasteiger partial charge in [0.25, 0.3) is 0 Å². The minimum atomic E-state index is -1.18. The molecule has 146 valence electrons. The molecule has 28 heavy (non-hydrogen) atoms. The first-order valence-electron chi connectivity index (χ1n) is 9.04. The summed E-state index contributed by atoms with van der Waals surface area (Å²) in [7, 11) is 0. The topological polar surface area (TPSA) is 78.5 Å². The number of carbonyl (C=O) groups excluding carboxylic acids is 2. The zero-order valence-electron chi connectivity index (χ0n) is 15.7. The molecule has 0 saturated carbocycles. The van der Waals surface area contributed by atoms with Crippen molar-refractivity contribution in [3.05, 3.63) is 64.7 Å². The van der Waals surface area contributed by atoms with Gasteiger partial charge in [0, 0.05) is 22.6 Å². The number of ether oxygens (including phenoxy) is 1. The van der Waals surface area contributed by atoms with Crippen LogP contribution in [0.25, 0.3) is 0 Å². The molecule has 0 bridgehead atoms. The minimum Gasteiger partial charge on any atom is -0.550 e. The Morgan fingerprint density at radius 2 is 1.43 bits per heavy atom. The molecule has 1 amide bonds. The molecule has 2 aromatic carbocycles. The number of allylic oxidation sites excluding steroid dienone is 2. The van der Waals surface area contributed by atoms with E-state index in [9.17, 15) is 14.7 Å². The standard InChI is InChI=1S/C22H22ClNO4/c1-13-11-19(20(22(26)27)12-14(13)2)21(25)24-16-5-9-18(10-6-16)28-17-7-3-15(23)4-8-17/h3-10,19-20H,11-12H2,1-2H3,(H,24,25)(H,26,27)/p-1/t19-,20+/m0/s1. The van der Waals surface area contributed by atoms with Gasteiger partial charge in [0.1, 0.15) is 11.5 Å². The summed E-state index contributed by atoms with van der Waals surface area (Å²) in [5.41, 5.74) is 2.65. The number of carbonyl (C=O) groups is 2. The zero-order valence-corrected chi connectivity index (χ0v) is 16.5. The van der Waals surface area contributed by atoms with Crippen molar-refractivity contribution in [2.75, 3.05) is 5.32 Å². The fourth-order valence-corrected chi connectivity index (χ4v) is 3.42. The van der Waals surface area contributed by atoms with Gasteiger partial charge in [-0.3, -0.25) is 4.79 Å². The van der Waals surface area contributed by atoms with E-state index in [0.29, 0.717) is 35.1 Å². The molecule has 1 aliphatic carbocycles. The summed E-state index contributed by atoms with van der Waals surface area (Å²) in [6.07, 6.45) is 0.772. The van der Waals surface area contributed by atoms with Crippen molar-refractivity contribution in [2.24, 2.45) is 11.8 Å². The van der Waals surface area contributed by atoms with Gasteiger partial charge in [-0.15, -0.1) is 0 Å². The number of nitrogens with one attached hydrogen (secondary N) is 1. The number of hydrogen-bond donors (Lipinski definition) is 1. The van der Waals surface area contributed by atoms with Gasteiger partial charge >= 0.3 is 0 Å². The number of carboxylic acid groups (broad SMARTS) is 1. The van der Waals surface area contributed by atoms with Crippen LogP contribution in [-0.2, 0) is 9.59 Å². The fourth-order valence-electron chi connectivity index (χ4n) is 3.30. The molecule has 2 atom stereocenters. The first-order valence-corrected chi connectivity index (χ1v) is 9.41. The maximum atomic E-state index is 12.7. The molecule has 5 nitrogen and oxygen atoms in total. The first kappa shape index (κ1) is 20.0. The van der Waals surface area contributed by atoms with Crippen molar-refractivity contribution in [1.82, 2.24) is 0 Å². The molecule has 3 rings (SSSR count). The molecular formula is C22H21ClNO4-. The van der Waals surface area contributed by atoms with Crippen LogP contribution in [0, 0.1) is 11.8 Å². The van der Waals surface area contributed by atoms with Crippen LogP contribution in [0.4, 0.5) is 5.69 Å². The summed E-state index contributed by atoms with van der Waals surface area (Å²) in [5, 5.41) is 14.9. The van der Waals surface area contributed by atoms with Crippen molar-refractivity contribution in [2.45, 2.75) is 26.7 Å². The second kappa shape index (κ2) is 8.48. The van der Waals surface area contributed by atoms with E-state index in [1.165, 1.54) is 0 Å². The second-order valence-electron chi connectivity index (χ2n) is 7.07. The summed E-state index contributed by atoms with van der Waals surface area (Å²) in [6.45, 7) is 3.84. The summed E-state index contributed by atoms with van der Waals surface area (Å²) < 4.78 is 5.72. The van der Waals surface area contributed by atoms with Gasteiger partial charge in [-0.1, -0.05) is 22.7 Å². The second-order valence-corrected chi connectivity index (χ2v) is 7.51. The van der Waals surface area contributed by atoms with E-state index in [1.54, 1.807) is 48.5 Å². The van der Waals surface area contributed by atoms with E-state index in [0.717, 1.165) is 11.1 Å². The maximum absolute atomic E-state index is 12.7. The highest BCUT2D eigenvalue weighted by Crippen LogP contribution is 2.34. The molecule has 6 heteroatoms. The van der Waals surface area contributed by atoms with E-state index in [2.05, 4.69) is 5.32 Å². The molecular weight excluding hydrogens is 378 g/mol. The van der Waals surface area contributed by atoms with E-state index >= 15 is 0 Å². The van der Waals surface area contributed by atoms with Crippen molar-refractivity contribution >= 4 is 29.2 Å². The highest BCUT2D eigenvalue weighted by molar-refractivity contribution is 6.30. The van der Waals surface area contributed by atoms with Crippen molar-refractivity contribution in [1.29, 1.82) is 0 Å². The minimum absolute atomic E-state index is 0.313. The number of carboxylic acids is 1. The smallest absolute Gasteiger partial charge is 0.228 e. The van der Waals surface area contributed by atoms with Gasteiger partial charge < -0.3 is 20.0 Å². The van der Waals surface area contributed by atoms with E-state index in [1.807, 2.05) is 13.8 Å². The molecule has 0 spiro atoms. The van der Waals surface area contributed by atoms with Crippen LogP contribution in [0.2, 0.25) is 5.02 Å². The Morgan fingerprint density at radius 3 is 1.96 bits per heavy atom. The number of rotatable bonds is 5.